The van der Waals surface area contributed by atoms with Gasteiger partial charge in [-0.3, -0.25) is 14.9 Å². The summed E-state index contributed by atoms with van der Waals surface area (Å²) < 4.78 is 5.46. The minimum Gasteiger partial charge on any atom is -0.495 e. The van der Waals surface area contributed by atoms with E-state index in [1.165, 1.54) is 17.4 Å². The van der Waals surface area contributed by atoms with Gasteiger partial charge in [0.25, 0.3) is 0 Å². The third-order valence-corrected chi connectivity index (χ3v) is 6.21. The summed E-state index contributed by atoms with van der Waals surface area (Å²) >= 11 is 1.32. The van der Waals surface area contributed by atoms with Crippen molar-refractivity contribution in [3.8, 4) is 5.75 Å². The summed E-state index contributed by atoms with van der Waals surface area (Å²) in [5.41, 5.74) is 2.66. The quantitative estimate of drug-likeness (QED) is 0.542. The number of para-hydroxylation sites is 2. The van der Waals surface area contributed by atoms with Gasteiger partial charge in [-0.15, -0.1) is 11.3 Å². The number of ether oxygens (including phenoxy) is 1. The van der Waals surface area contributed by atoms with Crippen molar-refractivity contribution < 1.29 is 14.3 Å². The number of thiazole rings is 1. The van der Waals surface area contributed by atoms with Crippen molar-refractivity contribution in [1.29, 1.82) is 0 Å². The summed E-state index contributed by atoms with van der Waals surface area (Å²) in [5, 5.41) is 5.06. The monoisotopic (exact) mass is 462 g/mol. The minimum atomic E-state index is -0.251. The zero-order valence-corrected chi connectivity index (χ0v) is 19.3. The first-order valence-electron chi connectivity index (χ1n) is 10.8. The summed E-state index contributed by atoms with van der Waals surface area (Å²) in [6.45, 7) is 2.79. The molecule has 1 N–H and O–H groups in total. The van der Waals surface area contributed by atoms with Crippen molar-refractivity contribution >= 4 is 40.0 Å². The zero-order chi connectivity index (χ0) is 23.0. The number of carbonyl (C=O) groups is 2. The SMILES string of the molecule is COc1ccccc1N1CCN(C(=O)Cc2csc(NC(=O)/C=C/c3ccccc3)n2)CC1. The van der Waals surface area contributed by atoms with Crippen molar-refractivity contribution in [2.45, 2.75) is 6.42 Å². The molecule has 1 fully saturated rings. The van der Waals surface area contributed by atoms with Crippen LogP contribution in [0.15, 0.2) is 66.1 Å². The lowest BCUT2D eigenvalue weighted by Crippen LogP contribution is -2.49. The lowest BCUT2D eigenvalue weighted by Gasteiger charge is -2.36. The van der Waals surface area contributed by atoms with Gasteiger partial charge in [0.05, 0.1) is 24.9 Å². The van der Waals surface area contributed by atoms with Crippen molar-refractivity contribution in [2.75, 3.05) is 43.5 Å². The normalized spacial score (nSPS) is 13.8. The number of rotatable bonds is 7. The summed E-state index contributed by atoms with van der Waals surface area (Å²) in [6.07, 6.45) is 3.45. The molecule has 2 amide bonds. The Morgan fingerprint density at radius 3 is 2.55 bits per heavy atom. The highest BCUT2D eigenvalue weighted by Crippen LogP contribution is 2.28. The van der Waals surface area contributed by atoms with Crippen molar-refractivity contribution in [3.63, 3.8) is 0 Å². The van der Waals surface area contributed by atoms with Gasteiger partial charge >= 0.3 is 0 Å². The summed E-state index contributed by atoms with van der Waals surface area (Å²) in [5.74, 6) is 0.633. The van der Waals surface area contributed by atoms with Crippen LogP contribution in [-0.2, 0) is 16.0 Å². The van der Waals surface area contributed by atoms with Crippen LogP contribution in [0.5, 0.6) is 5.75 Å². The van der Waals surface area contributed by atoms with E-state index in [2.05, 4.69) is 15.2 Å². The Balaban J connectivity index is 1.27. The van der Waals surface area contributed by atoms with Gasteiger partial charge in [0.1, 0.15) is 5.75 Å². The van der Waals surface area contributed by atoms with E-state index in [0.717, 1.165) is 30.1 Å². The van der Waals surface area contributed by atoms with E-state index in [-0.39, 0.29) is 18.2 Å². The molecule has 0 spiro atoms. The number of anilines is 2. The largest absolute Gasteiger partial charge is 0.495 e. The molecule has 1 aromatic heterocycles. The van der Waals surface area contributed by atoms with Gasteiger partial charge in [-0.2, -0.15) is 0 Å². The first-order valence-corrected chi connectivity index (χ1v) is 11.6. The van der Waals surface area contributed by atoms with Gasteiger partial charge in [0.15, 0.2) is 5.13 Å². The van der Waals surface area contributed by atoms with Gasteiger partial charge in [0, 0.05) is 37.6 Å². The highest BCUT2D eigenvalue weighted by Gasteiger charge is 2.23. The Kier molecular flexibility index (Phi) is 7.36. The fraction of sp³-hybridized carbons (Fsp3) is 0.240. The number of hydrogen-bond donors (Lipinski definition) is 1. The molecule has 7 nitrogen and oxygen atoms in total. The van der Waals surface area contributed by atoms with Gasteiger partial charge in [-0.1, -0.05) is 42.5 Å². The van der Waals surface area contributed by atoms with Crippen molar-refractivity contribution in [2.24, 2.45) is 0 Å². The molecule has 4 rings (SSSR count). The number of hydrogen-bond acceptors (Lipinski definition) is 6. The van der Waals surface area contributed by atoms with Crippen LogP contribution in [0.3, 0.4) is 0 Å². The maximum atomic E-state index is 12.8. The average molecular weight is 463 g/mol. The van der Waals surface area contributed by atoms with Crippen LogP contribution >= 0.6 is 11.3 Å². The van der Waals surface area contributed by atoms with Gasteiger partial charge < -0.3 is 14.5 Å². The number of carbonyl (C=O) groups excluding carboxylic acids is 2. The number of nitrogens with zero attached hydrogens (tertiary/aromatic N) is 3. The Hall–Kier alpha value is -3.65. The second-order valence-electron chi connectivity index (χ2n) is 7.59. The highest BCUT2D eigenvalue weighted by atomic mass is 32.1. The van der Waals surface area contributed by atoms with Crippen LogP contribution in [0, 0.1) is 0 Å². The molecule has 1 saturated heterocycles. The number of benzene rings is 2. The number of aromatic nitrogens is 1. The van der Waals surface area contributed by atoms with Crippen LogP contribution in [0.4, 0.5) is 10.8 Å². The Bertz CT molecular complexity index is 1120. The van der Waals surface area contributed by atoms with E-state index in [0.29, 0.717) is 23.9 Å². The second kappa shape index (κ2) is 10.8. The molecule has 0 saturated carbocycles. The van der Waals surface area contributed by atoms with Gasteiger partial charge in [-0.05, 0) is 23.8 Å². The molecule has 2 heterocycles. The topological polar surface area (TPSA) is 74.8 Å². The zero-order valence-electron chi connectivity index (χ0n) is 18.4. The second-order valence-corrected chi connectivity index (χ2v) is 8.45. The molecule has 170 valence electrons. The van der Waals surface area contributed by atoms with E-state index < -0.39 is 0 Å². The summed E-state index contributed by atoms with van der Waals surface area (Å²) in [7, 11) is 1.67. The molecule has 2 aromatic carbocycles. The van der Waals surface area contributed by atoms with Crippen LogP contribution < -0.4 is 15.0 Å². The van der Waals surface area contributed by atoms with E-state index >= 15 is 0 Å². The van der Waals surface area contributed by atoms with Crippen molar-refractivity contribution in [3.05, 3.63) is 77.3 Å². The Labute approximate surface area is 197 Å². The fourth-order valence-corrected chi connectivity index (χ4v) is 4.40. The lowest BCUT2D eigenvalue weighted by molar-refractivity contribution is -0.130. The molecule has 0 radical (unpaired) electrons. The predicted molar refractivity (Wildman–Crippen MR) is 132 cm³/mol. The molecular formula is C25H26N4O3S. The standard InChI is InChI=1S/C25H26N4O3S/c1-32-22-10-6-5-9-21(22)28-13-15-29(16-14-28)24(31)17-20-18-33-25(26-20)27-23(30)12-11-19-7-3-2-4-8-19/h2-12,18H,13-17H2,1H3,(H,26,27,30)/b12-11+. The number of piperazine rings is 1. The van der Waals surface area contributed by atoms with Gasteiger partial charge in [0.2, 0.25) is 11.8 Å². The maximum Gasteiger partial charge on any atom is 0.250 e. The first kappa shape index (κ1) is 22.5. The molecule has 0 atom stereocenters. The molecule has 3 aromatic rings. The Morgan fingerprint density at radius 1 is 1.06 bits per heavy atom. The van der Waals surface area contributed by atoms with Crippen LogP contribution in [0.2, 0.25) is 0 Å². The molecule has 0 bridgehead atoms. The Morgan fingerprint density at radius 2 is 1.79 bits per heavy atom. The molecule has 0 aliphatic carbocycles. The first-order chi connectivity index (χ1) is 16.1. The van der Waals surface area contributed by atoms with Crippen LogP contribution in [-0.4, -0.2) is 55.0 Å². The molecule has 1 aliphatic heterocycles. The van der Waals surface area contributed by atoms with Crippen LogP contribution in [0.25, 0.3) is 6.08 Å². The van der Waals surface area contributed by atoms with Gasteiger partial charge in [-0.25, -0.2) is 4.98 Å². The van der Waals surface area contributed by atoms with Crippen molar-refractivity contribution in [1.82, 2.24) is 9.88 Å². The van der Waals surface area contributed by atoms with E-state index in [4.69, 9.17) is 4.74 Å². The molecule has 1 aliphatic rings. The van der Waals surface area contributed by atoms with E-state index in [9.17, 15) is 9.59 Å². The number of nitrogens with one attached hydrogen (secondary N) is 1. The predicted octanol–water partition coefficient (Wildman–Crippen LogP) is 3.69. The third-order valence-electron chi connectivity index (χ3n) is 5.40. The minimum absolute atomic E-state index is 0.0434. The maximum absolute atomic E-state index is 12.8. The lowest BCUT2D eigenvalue weighted by atomic mass is 10.2. The van der Waals surface area contributed by atoms with E-state index in [1.807, 2.05) is 64.9 Å². The third kappa shape index (κ3) is 5.98. The summed E-state index contributed by atoms with van der Waals surface area (Å²) in [4.78, 5) is 33.4. The number of amides is 2. The molecule has 0 unspecified atom stereocenters. The summed E-state index contributed by atoms with van der Waals surface area (Å²) in [6, 6.07) is 17.5. The molecule has 8 heteroatoms. The number of methoxy groups -OCH3 is 1. The molecule has 33 heavy (non-hydrogen) atoms. The fourth-order valence-electron chi connectivity index (χ4n) is 3.68. The van der Waals surface area contributed by atoms with Crippen LogP contribution in [0.1, 0.15) is 11.3 Å². The van der Waals surface area contributed by atoms with E-state index in [1.54, 1.807) is 13.2 Å². The molecular weight excluding hydrogens is 436 g/mol. The highest BCUT2D eigenvalue weighted by molar-refractivity contribution is 7.14. The average Bonchev–Trinajstić information content (AvgIpc) is 3.29. The smallest absolute Gasteiger partial charge is 0.250 e.